The van der Waals surface area contributed by atoms with E-state index in [1.165, 1.54) is 11.3 Å². The summed E-state index contributed by atoms with van der Waals surface area (Å²) in [5.74, 6) is 2.71. The van der Waals surface area contributed by atoms with Gasteiger partial charge in [-0.15, -0.1) is 6.42 Å². The Bertz CT molecular complexity index is 764. The first kappa shape index (κ1) is 14.2. The molecule has 0 bridgehead atoms. The number of nitrogens with zero attached hydrogens (tertiary/aromatic N) is 2. The number of aryl methyl sites for hydroxylation is 1. The molecule has 0 amide bonds. The van der Waals surface area contributed by atoms with E-state index in [0.717, 1.165) is 24.1 Å². The van der Waals surface area contributed by atoms with Crippen LogP contribution in [0, 0.1) is 12.3 Å². The van der Waals surface area contributed by atoms with Gasteiger partial charge in [0, 0.05) is 11.3 Å². The fourth-order valence-corrected chi connectivity index (χ4v) is 2.65. The third-order valence-electron chi connectivity index (χ3n) is 3.75. The van der Waals surface area contributed by atoms with Gasteiger partial charge in [0.05, 0.1) is 18.6 Å². The van der Waals surface area contributed by atoms with E-state index in [4.69, 9.17) is 6.42 Å². The smallest absolute Gasteiger partial charge is 0.0964 e. The molecule has 1 heterocycles. The summed E-state index contributed by atoms with van der Waals surface area (Å²) in [5, 5.41) is 0. The molecule has 0 spiro atoms. The van der Waals surface area contributed by atoms with Crippen molar-refractivity contribution in [1.29, 1.82) is 0 Å². The van der Waals surface area contributed by atoms with E-state index in [-0.39, 0.29) is 0 Å². The van der Waals surface area contributed by atoms with Crippen LogP contribution in [-0.2, 0) is 19.4 Å². The Morgan fingerprint density at radius 2 is 1.59 bits per heavy atom. The van der Waals surface area contributed by atoms with Crippen LogP contribution in [0.1, 0.15) is 11.3 Å². The second-order valence-corrected chi connectivity index (χ2v) is 5.22. The predicted molar refractivity (Wildman–Crippen MR) is 90.3 cm³/mol. The van der Waals surface area contributed by atoms with Crippen molar-refractivity contribution < 1.29 is 0 Å². The van der Waals surface area contributed by atoms with Crippen LogP contribution in [-0.4, -0.2) is 9.55 Å². The molecule has 0 aliphatic heterocycles. The molecule has 3 rings (SSSR count). The van der Waals surface area contributed by atoms with Crippen molar-refractivity contribution >= 4 is 0 Å². The fraction of sp³-hybridized carbons (Fsp3) is 0.150. The summed E-state index contributed by atoms with van der Waals surface area (Å²) in [6, 6.07) is 20.8. The van der Waals surface area contributed by atoms with Gasteiger partial charge >= 0.3 is 0 Å². The first-order valence-corrected chi connectivity index (χ1v) is 7.45. The normalized spacial score (nSPS) is 10.3. The lowest BCUT2D eigenvalue weighted by Gasteiger charge is -2.08. The second-order valence-electron chi connectivity index (χ2n) is 5.22. The van der Waals surface area contributed by atoms with E-state index in [2.05, 4.69) is 51.9 Å². The molecule has 0 fully saturated rings. The van der Waals surface area contributed by atoms with Crippen molar-refractivity contribution in [3.8, 4) is 23.6 Å². The number of imidazole rings is 1. The molecule has 0 atom stereocenters. The third-order valence-corrected chi connectivity index (χ3v) is 3.75. The lowest BCUT2D eigenvalue weighted by atomic mass is 10.0. The van der Waals surface area contributed by atoms with Crippen LogP contribution < -0.4 is 0 Å². The SMILES string of the molecule is C#CCn1cnc(-c2ccccc2)c1CCc1ccccc1. The molecule has 108 valence electrons. The van der Waals surface area contributed by atoms with Crippen LogP contribution in [0.2, 0.25) is 0 Å². The van der Waals surface area contributed by atoms with Gasteiger partial charge in [0.25, 0.3) is 0 Å². The van der Waals surface area contributed by atoms with E-state index in [1.807, 2.05) is 30.6 Å². The molecule has 0 aliphatic rings. The molecule has 0 saturated heterocycles. The minimum absolute atomic E-state index is 0.559. The van der Waals surface area contributed by atoms with E-state index < -0.39 is 0 Å². The van der Waals surface area contributed by atoms with Crippen molar-refractivity contribution in [2.45, 2.75) is 19.4 Å². The highest BCUT2D eigenvalue weighted by Gasteiger charge is 2.12. The monoisotopic (exact) mass is 286 g/mol. The van der Waals surface area contributed by atoms with Crippen LogP contribution in [0.25, 0.3) is 11.3 Å². The lowest BCUT2D eigenvalue weighted by Crippen LogP contribution is -2.03. The average molecular weight is 286 g/mol. The molecule has 0 unspecified atom stereocenters. The van der Waals surface area contributed by atoms with Crippen LogP contribution in [0.3, 0.4) is 0 Å². The van der Waals surface area contributed by atoms with Gasteiger partial charge in [-0.05, 0) is 18.4 Å². The largest absolute Gasteiger partial charge is 0.322 e. The van der Waals surface area contributed by atoms with Gasteiger partial charge in [-0.3, -0.25) is 0 Å². The van der Waals surface area contributed by atoms with Crippen LogP contribution in [0.5, 0.6) is 0 Å². The number of hydrogen-bond acceptors (Lipinski definition) is 1. The molecule has 0 saturated carbocycles. The van der Waals surface area contributed by atoms with Gasteiger partial charge in [0.1, 0.15) is 0 Å². The maximum absolute atomic E-state index is 5.49. The Labute approximate surface area is 131 Å². The highest BCUT2D eigenvalue weighted by atomic mass is 15.1. The molecular weight excluding hydrogens is 268 g/mol. The van der Waals surface area contributed by atoms with Crippen LogP contribution >= 0.6 is 0 Å². The lowest BCUT2D eigenvalue weighted by molar-refractivity contribution is 0.757. The van der Waals surface area contributed by atoms with Gasteiger partial charge in [-0.25, -0.2) is 4.98 Å². The first-order valence-electron chi connectivity index (χ1n) is 7.45. The van der Waals surface area contributed by atoms with Gasteiger partial charge in [-0.1, -0.05) is 66.6 Å². The third kappa shape index (κ3) is 3.10. The summed E-state index contributed by atoms with van der Waals surface area (Å²) in [4.78, 5) is 4.58. The Morgan fingerprint density at radius 1 is 0.909 bits per heavy atom. The Hall–Kier alpha value is -2.79. The zero-order valence-corrected chi connectivity index (χ0v) is 12.4. The summed E-state index contributed by atoms with van der Waals surface area (Å²) < 4.78 is 2.07. The molecule has 0 aliphatic carbocycles. The standard InChI is InChI=1S/C20H18N2/c1-2-15-22-16-21-20(18-11-7-4-8-12-18)19(22)14-13-17-9-5-3-6-10-17/h1,3-12,16H,13-15H2. The number of aromatic nitrogens is 2. The molecular formula is C20H18N2. The Balaban J connectivity index is 1.90. The summed E-state index contributed by atoms with van der Waals surface area (Å²) in [6.45, 7) is 0.559. The Morgan fingerprint density at radius 3 is 2.27 bits per heavy atom. The molecule has 2 aromatic carbocycles. The Kier molecular flexibility index (Phi) is 4.36. The molecule has 2 heteroatoms. The summed E-state index contributed by atoms with van der Waals surface area (Å²) in [7, 11) is 0. The first-order chi connectivity index (χ1) is 10.9. The zero-order valence-electron chi connectivity index (χ0n) is 12.4. The minimum atomic E-state index is 0.559. The number of rotatable bonds is 5. The van der Waals surface area contributed by atoms with E-state index in [0.29, 0.717) is 6.54 Å². The van der Waals surface area contributed by atoms with Gasteiger partial charge in [0.15, 0.2) is 0 Å². The number of terminal acetylenes is 1. The van der Waals surface area contributed by atoms with Crippen LogP contribution in [0.15, 0.2) is 67.0 Å². The predicted octanol–water partition coefficient (Wildman–Crippen LogP) is 3.97. The van der Waals surface area contributed by atoms with Gasteiger partial charge < -0.3 is 4.57 Å². The van der Waals surface area contributed by atoms with E-state index in [1.54, 1.807) is 0 Å². The molecule has 0 radical (unpaired) electrons. The molecule has 3 aromatic rings. The van der Waals surface area contributed by atoms with E-state index in [9.17, 15) is 0 Å². The molecule has 0 N–H and O–H groups in total. The van der Waals surface area contributed by atoms with Crippen molar-refractivity contribution in [3.63, 3.8) is 0 Å². The number of hydrogen-bond donors (Lipinski definition) is 0. The van der Waals surface area contributed by atoms with Crippen molar-refractivity contribution in [2.75, 3.05) is 0 Å². The van der Waals surface area contributed by atoms with Crippen molar-refractivity contribution in [3.05, 3.63) is 78.2 Å². The maximum Gasteiger partial charge on any atom is 0.0964 e. The zero-order chi connectivity index (χ0) is 15.2. The van der Waals surface area contributed by atoms with Gasteiger partial charge in [0.2, 0.25) is 0 Å². The molecule has 2 nitrogen and oxygen atoms in total. The highest BCUT2D eigenvalue weighted by Crippen LogP contribution is 2.23. The maximum atomic E-state index is 5.49. The molecule has 22 heavy (non-hydrogen) atoms. The van der Waals surface area contributed by atoms with Crippen molar-refractivity contribution in [1.82, 2.24) is 9.55 Å². The average Bonchev–Trinajstić information content (AvgIpc) is 2.98. The topological polar surface area (TPSA) is 17.8 Å². The quantitative estimate of drug-likeness (QED) is 0.649. The summed E-state index contributed by atoms with van der Waals surface area (Å²) in [5.41, 5.74) is 4.70. The minimum Gasteiger partial charge on any atom is -0.322 e. The summed E-state index contributed by atoms with van der Waals surface area (Å²) >= 11 is 0. The van der Waals surface area contributed by atoms with E-state index >= 15 is 0 Å². The summed E-state index contributed by atoms with van der Waals surface area (Å²) in [6.07, 6.45) is 9.25. The fourth-order valence-electron chi connectivity index (χ4n) is 2.65. The second kappa shape index (κ2) is 6.78. The molecule has 1 aromatic heterocycles. The van der Waals surface area contributed by atoms with Crippen LogP contribution in [0.4, 0.5) is 0 Å². The number of benzene rings is 2. The van der Waals surface area contributed by atoms with Gasteiger partial charge in [-0.2, -0.15) is 0 Å². The van der Waals surface area contributed by atoms with Crippen molar-refractivity contribution in [2.24, 2.45) is 0 Å². The highest BCUT2D eigenvalue weighted by molar-refractivity contribution is 5.62.